The lowest BCUT2D eigenvalue weighted by molar-refractivity contribution is 1.28. The molecule has 266 valence electrons. The lowest BCUT2D eigenvalue weighted by Crippen LogP contribution is -2.09. The van der Waals surface area contributed by atoms with E-state index < -0.39 is 0 Å². The van der Waals surface area contributed by atoms with Crippen LogP contribution in [-0.4, -0.2) is 0 Å². The van der Waals surface area contributed by atoms with Crippen LogP contribution >= 0.6 is 0 Å². The summed E-state index contributed by atoms with van der Waals surface area (Å²) in [5, 5.41) is 0. The van der Waals surface area contributed by atoms with Gasteiger partial charge in [0.05, 0.1) is 0 Å². The summed E-state index contributed by atoms with van der Waals surface area (Å²) in [4.78, 5) is 4.62. The third-order valence-electron chi connectivity index (χ3n) is 10.3. The molecule has 0 spiro atoms. The summed E-state index contributed by atoms with van der Waals surface area (Å²) in [6.07, 6.45) is 0. The fourth-order valence-electron chi connectivity index (χ4n) is 7.38. The monoisotopic (exact) mass is 716 g/mol. The average molecular weight is 717 g/mol. The summed E-state index contributed by atoms with van der Waals surface area (Å²) in [6.45, 7) is 0. The maximum absolute atomic E-state index is 2.31. The van der Waals surface area contributed by atoms with Crippen molar-refractivity contribution in [2.75, 3.05) is 9.80 Å². The van der Waals surface area contributed by atoms with Gasteiger partial charge in [0.25, 0.3) is 0 Å². The Morgan fingerprint density at radius 3 is 0.536 bits per heavy atom. The van der Waals surface area contributed by atoms with Gasteiger partial charge in [-0.2, -0.15) is 0 Å². The van der Waals surface area contributed by atoms with E-state index in [-0.39, 0.29) is 0 Å². The van der Waals surface area contributed by atoms with Gasteiger partial charge < -0.3 is 9.80 Å². The molecular formula is C54H40N2. The van der Waals surface area contributed by atoms with E-state index in [9.17, 15) is 0 Å². The van der Waals surface area contributed by atoms with Crippen molar-refractivity contribution in [3.8, 4) is 44.5 Å². The van der Waals surface area contributed by atoms with Gasteiger partial charge in [-0.15, -0.1) is 0 Å². The largest absolute Gasteiger partial charge is 0.311 e. The number of rotatable bonds is 10. The minimum absolute atomic E-state index is 1.11. The van der Waals surface area contributed by atoms with Crippen molar-refractivity contribution >= 4 is 34.1 Å². The summed E-state index contributed by atoms with van der Waals surface area (Å²) >= 11 is 0. The number of anilines is 6. The Labute approximate surface area is 329 Å². The summed E-state index contributed by atoms with van der Waals surface area (Å²) in [5.41, 5.74) is 16.3. The SMILES string of the molecule is c1ccc(-c2ccc(N(c3ccccc3)c3ccc(-c4ccc(-c5ccc(N(c6ccccc6)c6ccc(-c7ccccc7)cc6)cc5)cc4)cc3)cc2)cc1. The minimum Gasteiger partial charge on any atom is -0.311 e. The molecule has 9 aromatic rings. The molecule has 0 N–H and O–H groups in total. The number of para-hydroxylation sites is 2. The molecule has 0 heterocycles. The van der Waals surface area contributed by atoms with Gasteiger partial charge in [-0.1, -0.05) is 170 Å². The third-order valence-corrected chi connectivity index (χ3v) is 10.3. The van der Waals surface area contributed by atoms with Crippen LogP contribution in [0.3, 0.4) is 0 Å². The van der Waals surface area contributed by atoms with Crippen molar-refractivity contribution in [1.29, 1.82) is 0 Å². The first-order chi connectivity index (χ1) is 27.8. The Balaban J connectivity index is 0.945. The quantitative estimate of drug-likeness (QED) is 0.139. The van der Waals surface area contributed by atoms with Gasteiger partial charge in [0.1, 0.15) is 0 Å². The number of hydrogen-bond donors (Lipinski definition) is 0. The smallest absolute Gasteiger partial charge is 0.0462 e. The molecule has 0 saturated carbocycles. The van der Waals surface area contributed by atoms with Gasteiger partial charge in [-0.25, -0.2) is 0 Å². The molecule has 9 aromatic carbocycles. The van der Waals surface area contributed by atoms with Gasteiger partial charge >= 0.3 is 0 Å². The number of benzene rings is 9. The summed E-state index contributed by atoms with van der Waals surface area (Å²) < 4.78 is 0. The maximum atomic E-state index is 2.31. The minimum atomic E-state index is 1.11. The predicted octanol–water partition coefficient (Wildman–Crippen LogP) is 15.3. The molecule has 0 fully saturated rings. The van der Waals surface area contributed by atoms with Gasteiger partial charge in [0.15, 0.2) is 0 Å². The second kappa shape index (κ2) is 15.9. The topological polar surface area (TPSA) is 6.48 Å². The molecule has 0 bridgehead atoms. The van der Waals surface area contributed by atoms with E-state index in [1.165, 1.54) is 44.5 Å². The predicted molar refractivity (Wildman–Crippen MR) is 238 cm³/mol. The zero-order valence-electron chi connectivity index (χ0n) is 31.0. The van der Waals surface area contributed by atoms with E-state index in [0.717, 1.165) is 34.1 Å². The van der Waals surface area contributed by atoms with Crippen LogP contribution < -0.4 is 9.80 Å². The van der Waals surface area contributed by atoms with E-state index >= 15 is 0 Å². The van der Waals surface area contributed by atoms with Crippen molar-refractivity contribution in [2.45, 2.75) is 0 Å². The van der Waals surface area contributed by atoms with Crippen LogP contribution in [0.4, 0.5) is 34.1 Å². The molecule has 0 aliphatic rings. The molecule has 0 unspecified atom stereocenters. The molecule has 0 atom stereocenters. The van der Waals surface area contributed by atoms with Gasteiger partial charge in [0.2, 0.25) is 0 Å². The van der Waals surface area contributed by atoms with Crippen LogP contribution in [0.15, 0.2) is 243 Å². The van der Waals surface area contributed by atoms with E-state index in [4.69, 9.17) is 0 Å². The van der Waals surface area contributed by atoms with E-state index in [2.05, 4.69) is 252 Å². The highest BCUT2D eigenvalue weighted by molar-refractivity contribution is 5.82. The first kappa shape index (κ1) is 34.4. The van der Waals surface area contributed by atoms with Crippen molar-refractivity contribution in [3.63, 3.8) is 0 Å². The van der Waals surface area contributed by atoms with E-state index in [1.807, 2.05) is 0 Å². The molecule has 0 radical (unpaired) electrons. The van der Waals surface area contributed by atoms with Crippen LogP contribution in [0, 0.1) is 0 Å². The fraction of sp³-hybridized carbons (Fsp3) is 0. The van der Waals surface area contributed by atoms with Crippen molar-refractivity contribution in [3.05, 3.63) is 243 Å². The Morgan fingerprint density at radius 1 is 0.143 bits per heavy atom. The number of nitrogens with zero attached hydrogens (tertiary/aromatic N) is 2. The lowest BCUT2D eigenvalue weighted by atomic mass is 9.99. The highest BCUT2D eigenvalue weighted by atomic mass is 15.1. The highest BCUT2D eigenvalue weighted by Gasteiger charge is 2.15. The molecule has 0 aromatic heterocycles. The maximum Gasteiger partial charge on any atom is 0.0462 e. The molecular weight excluding hydrogens is 677 g/mol. The summed E-state index contributed by atoms with van der Waals surface area (Å²) in [5.74, 6) is 0. The Bertz CT molecular complexity index is 2410. The molecule has 0 amide bonds. The molecule has 56 heavy (non-hydrogen) atoms. The zero-order valence-corrected chi connectivity index (χ0v) is 31.0. The molecule has 2 nitrogen and oxygen atoms in total. The highest BCUT2D eigenvalue weighted by Crippen LogP contribution is 2.39. The summed E-state index contributed by atoms with van der Waals surface area (Å²) in [7, 11) is 0. The summed E-state index contributed by atoms with van der Waals surface area (Å²) in [6, 6.07) is 86.4. The first-order valence-electron chi connectivity index (χ1n) is 19.1. The Morgan fingerprint density at radius 2 is 0.304 bits per heavy atom. The fourth-order valence-corrected chi connectivity index (χ4v) is 7.38. The lowest BCUT2D eigenvalue weighted by Gasteiger charge is -2.26. The van der Waals surface area contributed by atoms with Crippen molar-refractivity contribution < 1.29 is 0 Å². The molecule has 0 aliphatic heterocycles. The van der Waals surface area contributed by atoms with Gasteiger partial charge in [-0.3, -0.25) is 0 Å². The van der Waals surface area contributed by atoms with Gasteiger partial charge in [-0.05, 0) is 117 Å². The van der Waals surface area contributed by atoms with Crippen molar-refractivity contribution in [1.82, 2.24) is 0 Å². The van der Waals surface area contributed by atoms with E-state index in [1.54, 1.807) is 0 Å². The van der Waals surface area contributed by atoms with Crippen molar-refractivity contribution in [2.24, 2.45) is 0 Å². The van der Waals surface area contributed by atoms with Crippen LogP contribution in [0.2, 0.25) is 0 Å². The third kappa shape index (κ3) is 7.37. The molecule has 9 rings (SSSR count). The second-order valence-electron chi connectivity index (χ2n) is 13.8. The molecule has 0 saturated heterocycles. The van der Waals surface area contributed by atoms with Crippen LogP contribution in [-0.2, 0) is 0 Å². The standard InChI is InChI=1S/C54H40N2/c1-5-13-41(14-6-1)45-25-33-51(34-26-45)55(49-17-9-3-10-18-49)53-37-29-47(30-38-53)43-21-23-44(24-22-43)48-31-39-54(40-32-48)56(50-19-11-4-12-20-50)52-35-27-46(28-36-52)42-15-7-2-8-16-42/h1-40H. The molecule has 0 aliphatic carbocycles. The van der Waals surface area contributed by atoms with Crippen LogP contribution in [0.1, 0.15) is 0 Å². The van der Waals surface area contributed by atoms with Gasteiger partial charge in [0, 0.05) is 34.1 Å². The Kier molecular flexibility index (Phi) is 9.75. The Hall–Kier alpha value is -7.42. The average Bonchev–Trinajstić information content (AvgIpc) is 3.29. The van der Waals surface area contributed by atoms with Crippen LogP contribution in [0.25, 0.3) is 44.5 Å². The zero-order chi connectivity index (χ0) is 37.5. The number of hydrogen-bond acceptors (Lipinski definition) is 2. The van der Waals surface area contributed by atoms with Crippen LogP contribution in [0.5, 0.6) is 0 Å². The second-order valence-corrected chi connectivity index (χ2v) is 13.8. The van der Waals surface area contributed by atoms with E-state index in [0.29, 0.717) is 0 Å². The molecule has 2 heteroatoms. The normalized spacial score (nSPS) is 10.9. The first-order valence-corrected chi connectivity index (χ1v) is 19.1.